The van der Waals surface area contributed by atoms with Crippen molar-refractivity contribution < 1.29 is 4.79 Å². The van der Waals surface area contributed by atoms with E-state index in [0.29, 0.717) is 6.54 Å². The number of aryl methyl sites for hydroxylation is 1. The molecule has 196 valence electrons. The average Bonchev–Trinajstić information content (AvgIpc) is 3.50. The second kappa shape index (κ2) is 11.8. The molecule has 4 aromatic heterocycles. The van der Waals surface area contributed by atoms with E-state index in [1.807, 2.05) is 65.3 Å². The first kappa shape index (κ1) is 26.0. The minimum absolute atomic E-state index is 0.255. The van der Waals surface area contributed by atoms with Gasteiger partial charge in [-0.25, -0.2) is 0 Å². The molecule has 4 heterocycles. The predicted octanol–water partition coefficient (Wildman–Crippen LogP) is 6.30. The monoisotopic (exact) mass is 514 g/mol. The van der Waals surface area contributed by atoms with Gasteiger partial charge in [-0.15, -0.1) is 0 Å². The number of rotatable bonds is 7. The number of fused-ring (bicyclic) bond motifs is 2. The molecule has 0 bridgehead atoms. The fraction of sp³-hybridized carbons (Fsp3) is 0.147. The number of carbonyl (C=O) groups is 1. The normalized spacial score (nSPS) is 10.9. The third-order valence-electron chi connectivity index (χ3n) is 7.07. The third kappa shape index (κ3) is 5.35. The quantitative estimate of drug-likeness (QED) is 0.262. The molecule has 0 saturated heterocycles. The number of carbonyl (C=O) groups excluding carboxylic acids is 1. The highest BCUT2D eigenvalue weighted by Crippen LogP contribution is 2.34. The first-order valence-electron chi connectivity index (χ1n) is 13.4. The maximum absolute atomic E-state index is 11.3. The van der Waals surface area contributed by atoms with Crippen molar-refractivity contribution in [3.63, 3.8) is 0 Å². The van der Waals surface area contributed by atoms with E-state index in [1.54, 1.807) is 0 Å². The van der Waals surface area contributed by atoms with Crippen LogP contribution in [0.15, 0.2) is 116 Å². The molecule has 5 nitrogen and oxygen atoms in total. The minimum atomic E-state index is -0.311. The van der Waals surface area contributed by atoms with Crippen LogP contribution in [-0.2, 0) is 24.1 Å². The van der Waals surface area contributed by atoms with Crippen LogP contribution in [0.2, 0.25) is 0 Å². The summed E-state index contributed by atoms with van der Waals surface area (Å²) in [6.07, 6.45) is 8.36. The number of benzene rings is 2. The summed E-state index contributed by atoms with van der Waals surface area (Å²) < 4.78 is 4.34. The summed E-state index contributed by atoms with van der Waals surface area (Å²) in [6, 6.07) is 33.0. The number of amides is 1. The molecule has 6 aromatic rings. The number of primary amides is 1. The Hall–Kier alpha value is -4.61. The molecular formula is C34H34N4O. The molecule has 0 fully saturated rings. The van der Waals surface area contributed by atoms with Gasteiger partial charge < -0.3 is 20.3 Å². The van der Waals surface area contributed by atoms with Gasteiger partial charge >= 0.3 is 0 Å². The van der Waals surface area contributed by atoms with Crippen molar-refractivity contribution in [2.75, 3.05) is 6.54 Å². The fourth-order valence-electron chi connectivity index (χ4n) is 5.44. The second-order valence-corrected chi connectivity index (χ2v) is 9.54. The second-order valence-electron chi connectivity index (χ2n) is 9.54. The molecule has 4 N–H and O–H groups in total. The first-order chi connectivity index (χ1) is 19.1. The lowest BCUT2D eigenvalue weighted by Crippen LogP contribution is -2.13. The lowest BCUT2D eigenvalue weighted by atomic mass is 9.98. The molecule has 1 amide bonds. The van der Waals surface area contributed by atoms with E-state index in [4.69, 9.17) is 11.5 Å². The van der Waals surface area contributed by atoms with Crippen molar-refractivity contribution in [1.29, 1.82) is 0 Å². The maximum atomic E-state index is 11.3. The molecule has 0 atom stereocenters. The third-order valence-corrected chi connectivity index (χ3v) is 7.07. The van der Waals surface area contributed by atoms with Crippen LogP contribution in [0.5, 0.6) is 0 Å². The maximum Gasteiger partial charge on any atom is 0.221 e. The Labute approximate surface area is 229 Å². The van der Waals surface area contributed by atoms with Gasteiger partial charge in [-0.05, 0) is 65.9 Å². The highest BCUT2D eigenvalue weighted by Gasteiger charge is 2.17. The molecule has 0 aliphatic carbocycles. The zero-order valence-electron chi connectivity index (χ0n) is 22.3. The summed E-state index contributed by atoms with van der Waals surface area (Å²) in [5.74, 6) is -0.311. The lowest BCUT2D eigenvalue weighted by Gasteiger charge is -2.06. The molecule has 6 rings (SSSR count). The van der Waals surface area contributed by atoms with E-state index in [-0.39, 0.29) is 12.3 Å². The Morgan fingerprint density at radius 2 is 1.36 bits per heavy atom. The van der Waals surface area contributed by atoms with E-state index >= 15 is 0 Å². The number of hydrogen-bond acceptors (Lipinski definition) is 2. The van der Waals surface area contributed by atoms with Crippen LogP contribution >= 0.6 is 0 Å². The van der Waals surface area contributed by atoms with E-state index < -0.39 is 0 Å². The Balaban J connectivity index is 0.000000158. The summed E-state index contributed by atoms with van der Waals surface area (Å²) in [5.41, 5.74) is 22.1. The van der Waals surface area contributed by atoms with Crippen LogP contribution in [0.4, 0.5) is 0 Å². The standard InChI is InChI=1S/C18H20N2.C16H14N2O/c1-2-16-18(14-8-4-3-5-9-14)15(11-12-19)17-10-6-7-13-20(16)17;17-16(19)10-13-14(12-6-2-1-3-7-12)11-18-9-5-4-8-15(13)18/h3-10,13H,2,11-12,19H2,1H3;1-9,11H,10H2,(H2,17,19). The van der Waals surface area contributed by atoms with E-state index in [1.165, 1.54) is 27.9 Å². The minimum Gasteiger partial charge on any atom is -0.369 e. The van der Waals surface area contributed by atoms with Crippen molar-refractivity contribution in [2.45, 2.75) is 26.2 Å². The molecular weight excluding hydrogens is 480 g/mol. The topological polar surface area (TPSA) is 77.9 Å². The van der Waals surface area contributed by atoms with Gasteiger partial charge in [-0.2, -0.15) is 0 Å². The SMILES string of the molecule is CCc1c(-c2ccccc2)c(CCN)c2ccccn12.NC(=O)Cc1c(-c2ccccc2)cn2ccccc12. The lowest BCUT2D eigenvalue weighted by molar-refractivity contribution is -0.117. The Kier molecular flexibility index (Phi) is 7.90. The van der Waals surface area contributed by atoms with Crippen molar-refractivity contribution in [2.24, 2.45) is 11.5 Å². The molecule has 0 radical (unpaired) electrons. The number of pyridine rings is 2. The van der Waals surface area contributed by atoms with Gasteiger partial charge in [0.1, 0.15) is 0 Å². The van der Waals surface area contributed by atoms with Gasteiger partial charge in [0, 0.05) is 46.4 Å². The zero-order valence-corrected chi connectivity index (χ0v) is 22.3. The first-order valence-corrected chi connectivity index (χ1v) is 13.4. The van der Waals surface area contributed by atoms with Gasteiger partial charge in [0.05, 0.1) is 6.42 Å². The van der Waals surface area contributed by atoms with Gasteiger partial charge in [-0.3, -0.25) is 4.79 Å². The average molecular weight is 515 g/mol. The van der Waals surface area contributed by atoms with Gasteiger partial charge in [0.15, 0.2) is 0 Å². The van der Waals surface area contributed by atoms with E-state index in [9.17, 15) is 4.79 Å². The summed E-state index contributed by atoms with van der Waals surface area (Å²) in [5, 5.41) is 0. The summed E-state index contributed by atoms with van der Waals surface area (Å²) in [6.45, 7) is 2.89. The molecule has 39 heavy (non-hydrogen) atoms. The number of aromatic nitrogens is 2. The zero-order chi connectivity index (χ0) is 27.2. The Morgan fingerprint density at radius 1 is 0.744 bits per heavy atom. The van der Waals surface area contributed by atoms with Crippen LogP contribution < -0.4 is 11.5 Å². The summed E-state index contributed by atoms with van der Waals surface area (Å²) >= 11 is 0. The Bertz CT molecular complexity index is 1700. The molecule has 2 aromatic carbocycles. The van der Waals surface area contributed by atoms with Gasteiger partial charge in [-0.1, -0.05) is 79.7 Å². The van der Waals surface area contributed by atoms with Gasteiger partial charge in [0.2, 0.25) is 5.91 Å². The van der Waals surface area contributed by atoms with Crippen molar-refractivity contribution in [1.82, 2.24) is 8.80 Å². The molecule has 0 aliphatic rings. The molecule has 5 heteroatoms. The van der Waals surface area contributed by atoms with Crippen LogP contribution in [0.1, 0.15) is 23.7 Å². The molecule has 0 spiro atoms. The van der Waals surface area contributed by atoms with Crippen LogP contribution in [0.3, 0.4) is 0 Å². The van der Waals surface area contributed by atoms with Crippen LogP contribution in [-0.4, -0.2) is 21.3 Å². The summed E-state index contributed by atoms with van der Waals surface area (Å²) in [7, 11) is 0. The van der Waals surface area contributed by atoms with Crippen LogP contribution in [0.25, 0.3) is 33.3 Å². The van der Waals surface area contributed by atoms with Gasteiger partial charge in [0.25, 0.3) is 0 Å². The number of nitrogens with zero attached hydrogens (tertiary/aromatic N) is 2. The summed E-state index contributed by atoms with van der Waals surface area (Å²) in [4.78, 5) is 11.3. The largest absolute Gasteiger partial charge is 0.369 e. The van der Waals surface area contributed by atoms with E-state index in [0.717, 1.165) is 35.0 Å². The fourth-order valence-corrected chi connectivity index (χ4v) is 5.44. The van der Waals surface area contributed by atoms with Crippen LogP contribution in [0, 0.1) is 0 Å². The molecule has 0 unspecified atom stereocenters. The highest BCUT2D eigenvalue weighted by molar-refractivity contribution is 5.86. The number of nitrogens with two attached hydrogens (primary N) is 2. The highest BCUT2D eigenvalue weighted by atomic mass is 16.1. The molecule has 0 aliphatic heterocycles. The smallest absolute Gasteiger partial charge is 0.221 e. The van der Waals surface area contributed by atoms with Crippen molar-refractivity contribution in [3.8, 4) is 22.3 Å². The van der Waals surface area contributed by atoms with Crippen molar-refractivity contribution >= 4 is 16.9 Å². The predicted molar refractivity (Wildman–Crippen MR) is 161 cm³/mol. The van der Waals surface area contributed by atoms with Crippen molar-refractivity contribution in [3.05, 3.63) is 132 Å². The van der Waals surface area contributed by atoms with E-state index in [2.05, 4.69) is 66.1 Å². The number of hydrogen-bond donors (Lipinski definition) is 2. The Morgan fingerprint density at radius 3 is 2.00 bits per heavy atom. The molecule has 0 saturated carbocycles.